The zero-order chi connectivity index (χ0) is 31.2. The maximum absolute atomic E-state index is 14.4. The maximum atomic E-state index is 14.4. The number of hydrogen-bond acceptors (Lipinski definition) is 10. The van der Waals surface area contributed by atoms with E-state index in [1.54, 1.807) is 11.1 Å². The molecule has 0 bridgehead atoms. The zero-order valence-corrected chi connectivity index (χ0v) is 25.1. The van der Waals surface area contributed by atoms with Crippen molar-refractivity contribution in [1.29, 1.82) is 0 Å². The summed E-state index contributed by atoms with van der Waals surface area (Å²) in [5.74, 6) is 0.319. The first kappa shape index (κ1) is 28.9. The van der Waals surface area contributed by atoms with E-state index in [1.165, 1.54) is 24.0 Å². The van der Waals surface area contributed by atoms with Gasteiger partial charge in [0.2, 0.25) is 0 Å². The first-order chi connectivity index (χ1) is 21.8. The molecule has 2 unspecified atom stereocenters. The first-order valence-electron chi connectivity index (χ1n) is 15.0. The van der Waals surface area contributed by atoms with Crippen LogP contribution in [0.3, 0.4) is 0 Å². The lowest BCUT2D eigenvalue weighted by Gasteiger charge is -2.32. The van der Waals surface area contributed by atoms with Crippen molar-refractivity contribution >= 4 is 22.4 Å². The van der Waals surface area contributed by atoms with Gasteiger partial charge in [0.15, 0.2) is 5.82 Å². The summed E-state index contributed by atoms with van der Waals surface area (Å²) in [5.41, 5.74) is 13.2. The van der Waals surface area contributed by atoms with Gasteiger partial charge >= 0.3 is 5.63 Å². The Labute approximate surface area is 259 Å². The Morgan fingerprint density at radius 2 is 1.82 bits per heavy atom. The Bertz CT molecular complexity index is 1940. The molecule has 45 heavy (non-hydrogen) atoms. The van der Waals surface area contributed by atoms with Crippen molar-refractivity contribution in [2.24, 2.45) is 0 Å². The highest BCUT2D eigenvalue weighted by Crippen LogP contribution is 2.44. The highest BCUT2D eigenvalue weighted by molar-refractivity contribution is 5.97. The van der Waals surface area contributed by atoms with E-state index < -0.39 is 23.5 Å². The quantitative estimate of drug-likeness (QED) is 0.252. The highest BCUT2D eigenvalue weighted by Gasteiger charge is 2.38. The molecule has 2 aliphatic heterocycles. The molecular weight excluding hydrogens is 573 g/mol. The van der Waals surface area contributed by atoms with E-state index in [0.29, 0.717) is 28.1 Å². The number of likely N-dealkylation sites (N-methyl/N-ethyl adjacent to an activating group) is 1. The molecule has 0 aliphatic carbocycles. The smallest absolute Gasteiger partial charge is 0.343 e. The van der Waals surface area contributed by atoms with Crippen molar-refractivity contribution in [3.8, 4) is 16.9 Å². The van der Waals surface area contributed by atoms with Gasteiger partial charge in [-0.15, -0.1) is 0 Å². The molecular formula is C34H34FN7O3. The number of phenolic OH excluding ortho intramolecular Hbond substituents is 1. The molecule has 1 saturated heterocycles. The van der Waals surface area contributed by atoms with Gasteiger partial charge in [-0.05, 0) is 54.9 Å². The van der Waals surface area contributed by atoms with Crippen LogP contribution in [0.4, 0.5) is 16.0 Å². The van der Waals surface area contributed by atoms with Gasteiger partial charge < -0.3 is 20.2 Å². The van der Waals surface area contributed by atoms with Crippen LogP contribution in [0.5, 0.6) is 5.75 Å². The maximum Gasteiger partial charge on any atom is 0.343 e. The predicted molar refractivity (Wildman–Crippen MR) is 171 cm³/mol. The van der Waals surface area contributed by atoms with Crippen molar-refractivity contribution in [2.45, 2.75) is 25.6 Å². The van der Waals surface area contributed by atoms with Crippen LogP contribution in [0.1, 0.15) is 41.5 Å². The van der Waals surface area contributed by atoms with Gasteiger partial charge in [-0.3, -0.25) is 9.91 Å². The largest absolute Gasteiger partial charge is 0.508 e. The molecule has 1 fully saturated rings. The SMILES string of the molecule is CC(c1oc(=O)c2ccccc2c1-c1cccc(CN2CCN(C)CC2)c1)N1NC(c2cc(O)cc(F)c2)c2c(N)ncnc21. The number of nitrogens with zero attached hydrogens (tertiary/aromatic N) is 5. The molecule has 2 atom stereocenters. The molecule has 4 heterocycles. The average molecular weight is 608 g/mol. The molecule has 230 valence electrons. The minimum atomic E-state index is -0.659. The molecule has 0 spiro atoms. The third-order valence-electron chi connectivity index (χ3n) is 8.77. The van der Waals surface area contributed by atoms with E-state index >= 15 is 0 Å². The van der Waals surface area contributed by atoms with E-state index in [0.717, 1.165) is 55.3 Å². The molecule has 2 aliphatic rings. The molecule has 11 heteroatoms. The van der Waals surface area contributed by atoms with Gasteiger partial charge in [0.05, 0.1) is 17.0 Å². The number of nitrogens with one attached hydrogen (secondary N) is 1. The van der Waals surface area contributed by atoms with E-state index in [9.17, 15) is 14.3 Å². The summed E-state index contributed by atoms with van der Waals surface area (Å²) in [6, 6.07) is 18.4. The normalized spacial score (nSPS) is 17.9. The molecule has 10 nitrogen and oxygen atoms in total. The molecule has 0 saturated carbocycles. The summed E-state index contributed by atoms with van der Waals surface area (Å²) in [7, 11) is 2.15. The van der Waals surface area contributed by atoms with Crippen LogP contribution in [0.25, 0.3) is 21.9 Å². The number of aromatic hydroxyl groups is 1. The van der Waals surface area contributed by atoms with Gasteiger partial charge in [-0.1, -0.05) is 36.4 Å². The number of benzene rings is 3. The Hall–Kier alpha value is -4.84. The van der Waals surface area contributed by atoms with Crippen LogP contribution in [0.15, 0.2) is 82.3 Å². The molecule has 0 amide bonds. The summed E-state index contributed by atoms with van der Waals surface area (Å²) in [5, 5.41) is 13.2. The Morgan fingerprint density at radius 1 is 1.04 bits per heavy atom. The number of aromatic nitrogens is 2. The van der Waals surface area contributed by atoms with Crippen LogP contribution in [0, 0.1) is 5.82 Å². The molecule has 4 N–H and O–H groups in total. The van der Waals surface area contributed by atoms with Crippen LogP contribution < -0.4 is 21.8 Å². The third kappa shape index (κ3) is 5.39. The minimum absolute atomic E-state index is 0.213. The third-order valence-corrected chi connectivity index (χ3v) is 8.77. The number of piperazine rings is 1. The Kier molecular flexibility index (Phi) is 7.44. The molecule has 0 radical (unpaired) electrons. The van der Waals surface area contributed by atoms with Crippen molar-refractivity contribution in [3.63, 3.8) is 0 Å². The van der Waals surface area contributed by atoms with Gasteiger partial charge in [-0.2, -0.15) is 0 Å². The average Bonchev–Trinajstić information content (AvgIpc) is 3.43. The van der Waals surface area contributed by atoms with Gasteiger partial charge in [-0.25, -0.2) is 24.6 Å². The first-order valence-corrected chi connectivity index (χ1v) is 15.0. The summed E-state index contributed by atoms with van der Waals surface area (Å²) >= 11 is 0. The van der Waals surface area contributed by atoms with Crippen molar-refractivity contribution in [2.75, 3.05) is 44.0 Å². The second-order valence-electron chi connectivity index (χ2n) is 11.8. The fraction of sp³-hybridized carbons (Fsp3) is 0.265. The lowest BCUT2D eigenvalue weighted by molar-refractivity contribution is 0.148. The summed E-state index contributed by atoms with van der Waals surface area (Å²) in [6.45, 7) is 6.80. The van der Waals surface area contributed by atoms with Crippen LogP contribution >= 0.6 is 0 Å². The van der Waals surface area contributed by atoms with Gasteiger partial charge in [0, 0.05) is 49.7 Å². The number of nitrogens with two attached hydrogens (primary N) is 1. The fourth-order valence-electron chi connectivity index (χ4n) is 6.45. The number of anilines is 2. The number of fused-ring (bicyclic) bond motifs is 2. The Balaban J connectivity index is 1.33. The second-order valence-corrected chi connectivity index (χ2v) is 11.8. The number of halogens is 1. The van der Waals surface area contributed by atoms with Crippen molar-refractivity contribution in [3.05, 3.63) is 112 Å². The zero-order valence-electron chi connectivity index (χ0n) is 25.1. The number of hydrazine groups is 1. The molecule has 3 aromatic carbocycles. The minimum Gasteiger partial charge on any atom is -0.508 e. The summed E-state index contributed by atoms with van der Waals surface area (Å²) in [6.07, 6.45) is 1.36. The van der Waals surface area contributed by atoms with Crippen molar-refractivity contribution < 1.29 is 13.9 Å². The van der Waals surface area contributed by atoms with E-state index in [-0.39, 0.29) is 11.6 Å². The van der Waals surface area contributed by atoms with Gasteiger partial charge in [0.25, 0.3) is 0 Å². The number of hydrogen-bond donors (Lipinski definition) is 3. The van der Waals surface area contributed by atoms with Crippen molar-refractivity contribution in [1.82, 2.24) is 25.2 Å². The fourth-order valence-corrected chi connectivity index (χ4v) is 6.45. The monoisotopic (exact) mass is 607 g/mol. The lowest BCUT2D eigenvalue weighted by atomic mass is 9.94. The van der Waals surface area contributed by atoms with E-state index in [4.69, 9.17) is 10.2 Å². The number of nitrogen functional groups attached to an aromatic ring is 1. The highest BCUT2D eigenvalue weighted by atomic mass is 19.1. The number of rotatable bonds is 6. The van der Waals surface area contributed by atoms with E-state index in [2.05, 4.69) is 44.4 Å². The van der Waals surface area contributed by atoms with Gasteiger partial charge in [0.1, 0.15) is 35.5 Å². The molecule has 2 aromatic heterocycles. The lowest BCUT2D eigenvalue weighted by Crippen LogP contribution is -2.43. The molecule has 7 rings (SSSR count). The predicted octanol–water partition coefficient (Wildman–Crippen LogP) is 4.60. The molecule has 5 aromatic rings. The standard InChI is InChI=1S/C34H34FN7O3/c1-20(42-33-29(32(36)37-19-38-33)30(39-42)23-15-24(35)17-25(43)16-23)31-28(26-8-3-4-9-27(26)34(44)45-31)22-7-5-6-21(14-22)18-41-12-10-40(2)11-13-41/h3-9,14-17,19-20,30,39,43H,10-13,18H2,1-2H3,(H2,36,37,38). The summed E-state index contributed by atoms with van der Waals surface area (Å²) in [4.78, 5) is 26.9. The Morgan fingerprint density at radius 3 is 2.60 bits per heavy atom. The van der Waals surface area contributed by atoms with Crippen LogP contribution in [-0.4, -0.2) is 58.1 Å². The summed E-state index contributed by atoms with van der Waals surface area (Å²) < 4.78 is 20.5. The van der Waals surface area contributed by atoms with E-state index in [1.807, 2.05) is 37.3 Å². The van der Waals surface area contributed by atoms with Crippen LogP contribution in [0.2, 0.25) is 0 Å². The number of phenols is 1. The second kappa shape index (κ2) is 11.6. The topological polar surface area (TPSA) is 124 Å². The van der Waals surface area contributed by atoms with Crippen LogP contribution in [-0.2, 0) is 6.54 Å².